The molecule has 0 saturated carbocycles. The molecule has 0 aromatic heterocycles. The number of methoxy groups -OCH3 is 3. The van der Waals surface area contributed by atoms with Crippen LogP contribution in [0.5, 0.6) is 17.2 Å². The Morgan fingerprint density at radius 3 is 2.07 bits per heavy atom. The fraction of sp³-hybridized carbons (Fsp3) is 0.208. The molecule has 1 atom stereocenters. The van der Waals surface area contributed by atoms with Gasteiger partial charge in [0.25, 0.3) is 0 Å². The summed E-state index contributed by atoms with van der Waals surface area (Å²) in [6.45, 7) is 0. The summed E-state index contributed by atoms with van der Waals surface area (Å²) in [7, 11) is 4.59. The zero-order chi connectivity index (χ0) is 21.5. The Kier molecular flexibility index (Phi) is 6.80. The number of rotatable bonds is 9. The van der Waals surface area contributed by atoms with Crippen LogP contribution in [0.1, 0.15) is 5.56 Å². The molecule has 0 spiro atoms. The first kappa shape index (κ1) is 21.0. The highest BCUT2D eigenvalue weighted by Gasteiger charge is 2.21. The predicted molar refractivity (Wildman–Crippen MR) is 117 cm³/mol. The topological polar surface area (TPSA) is 77.0 Å². The molecule has 3 aromatic rings. The van der Waals surface area contributed by atoms with Crippen molar-refractivity contribution in [3.05, 3.63) is 72.3 Å². The van der Waals surface area contributed by atoms with Gasteiger partial charge in [-0.3, -0.25) is 0 Å². The molecule has 0 radical (unpaired) electrons. The maximum Gasteiger partial charge on any atom is 0.326 e. The van der Waals surface area contributed by atoms with E-state index in [0.717, 1.165) is 22.4 Å². The van der Waals surface area contributed by atoms with Crippen LogP contribution in [0.25, 0.3) is 11.1 Å². The first-order chi connectivity index (χ1) is 14.5. The molecule has 0 aliphatic heterocycles. The van der Waals surface area contributed by atoms with E-state index in [1.807, 2.05) is 54.6 Å². The summed E-state index contributed by atoms with van der Waals surface area (Å²) in [5.74, 6) is 0.497. The molecule has 0 aliphatic rings. The van der Waals surface area contributed by atoms with Crippen molar-refractivity contribution in [2.24, 2.45) is 0 Å². The Balaban J connectivity index is 1.85. The lowest BCUT2D eigenvalue weighted by molar-refractivity contribution is -0.137. The molecule has 30 heavy (non-hydrogen) atoms. The van der Waals surface area contributed by atoms with E-state index in [4.69, 9.17) is 14.2 Å². The predicted octanol–water partition coefficient (Wildman–Crippen LogP) is 4.49. The SMILES string of the molecule is COc1cc(C[C@H](Nc2cccc(-c3ccccc3)c2)C(=O)O)cc(OC)c1OC. The summed E-state index contributed by atoms with van der Waals surface area (Å²) in [6, 6.07) is 20.3. The standard InChI is InChI=1S/C24H25NO5/c1-28-21-13-16(14-22(29-2)23(21)30-3)12-20(24(26)27)25-19-11-7-10-18(15-19)17-8-5-4-6-9-17/h4-11,13-15,20,25H,12H2,1-3H3,(H,26,27)/t20-/m0/s1. The van der Waals surface area contributed by atoms with Crippen molar-refractivity contribution >= 4 is 11.7 Å². The van der Waals surface area contributed by atoms with Gasteiger partial charge in [-0.05, 0) is 41.0 Å². The smallest absolute Gasteiger partial charge is 0.326 e. The number of benzene rings is 3. The number of anilines is 1. The van der Waals surface area contributed by atoms with Gasteiger partial charge in [-0.1, -0.05) is 42.5 Å². The third kappa shape index (κ3) is 4.84. The maximum atomic E-state index is 11.9. The highest BCUT2D eigenvalue weighted by molar-refractivity contribution is 5.79. The zero-order valence-electron chi connectivity index (χ0n) is 17.2. The summed E-state index contributed by atoms with van der Waals surface area (Å²) in [4.78, 5) is 11.9. The number of carboxylic acid groups (broad SMARTS) is 1. The zero-order valence-corrected chi connectivity index (χ0v) is 17.2. The second-order valence-electron chi connectivity index (χ2n) is 6.72. The van der Waals surface area contributed by atoms with Crippen LogP contribution in [0.3, 0.4) is 0 Å². The van der Waals surface area contributed by atoms with Crippen molar-refractivity contribution in [2.45, 2.75) is 12.5 Å². The lowest BCUT2D eigenvalue weighted by atomic mass is 10.0. The van der Waals surface area contributed by atoms with Crippen molar-refractivity contribution in [2.75, 3.05) is 26.6 Å². The molecule has 0 fully saturated rings. The minimum absolute atomic E-state index is 0.238. The van der Waals surface area contributed by atoms with E-state index in [-0.39, 0.29) is 6.42 Å². The molecule has 2 N–H and O–H groups in total. The summed E-state index contributed by atoms with van der Waals surface area (Å²) < 4.78 is 16.1. The third-order valence-electron chi connectivity index (χ3n) is 4.77. The average Bonchev–Trinajstić information content (AvgIpc) is 2.78. The van der Waals surface area contributed by atoms with Gasteiger partial charge in [0.1, 0.15) is 6.04 Å². The molecule has 3 aromatic carbocycles. The van der Waals surface area contributed by atoms with Crippen molar-refractivity contribution in [3.63, 3.8) is 0 Å². The van der Waals surface area contributed by atoms with Gasteiger partial charge >= 0.3 is 5.97 Å². The molecule has 3 rings (SSSR count). The van der Waals surface area contributed by atoms with Crippen molar-refractivity contribution in [1.82, 2.24) is 0 Å². The first-order valence-electron chi connectivity index (χ1n) is 9.49. The molecule has 0 unspecified atom stereocenters. The van der Waals surface area contributed by atoms with Crippen LogP contribution in [-0.4, -0.2) is 38.4 Å². The van der Waals surface area contributed by atoms with Crippen molar-refractivity contribution < 1.29 is 24.1 Å². The molecule has 0 amide bonds. The Labute approximate surface area is 176 Å². The van der Waals surface area contributed by atoms with Crippen LogP contribution in [0.2, 0.25) is 0 Å². The van der Waals surface area contributed by atoms with Crippen molar-refractivity contribution in [1.29, 1.82) is 0 Å². The van der Waals surface area contributed by atoms with Gasteiger partial charge in [-0.25, -0.2) is 4.79 Å². The second kappa shape index (κ2) is 9.69. The maximum absolute atomic E-state index is 11.9. The number of ether oxygens (including phenoxy) is 3. The normalized spacial score (nSPS) is 11.4. The average molecular weight is 407 g/mol. The van der Waals surface area contributed by atoms with Gasteiger partial charge in [0.2, 0.25) is 5.75 Å². The van der Waals surface area contributed by atoms with Gasteiger partial charge in [-0.15, -0.1) is 0 Å². The van der Waals surface area contributed by atoms with E-state index in [1.165, 1.54) is 21.3 Å². The summed E-state index contributed by atoms with van der Waals surface area (Å²) in [5.41, 5.74) is 3.56. The molecule has 0 aliphatic carbocycles. The quantitative estimate of drug-likeness (QED) is 0.544. The fourth-order valence-corrected chi connectivity index (χ4v) is 3.31. The lowest BCUT2D eigenvalue weighted by Crippen LogP contribution is -2.31. The van der Waals surface area contributed by atoms with Gasteiger partial charge < -0.3 is 24.6 Å². The molecular weight excluding hydrogens is 382 g/mol. The number of hydrogen-bond donors (Lipinski definition) is 2. The van der Waals surface area contributed by atoms with E-state index in [0.29, 0.717) is 17.2 Å². The number of carbonyl (C=O) groups is 1. The monoisotopic (exact) mass is 407 g/mol. The minimum atomic E-state index is -0.950. The molecule has 0 bridgehead atoms. The van der Waals surface area contributed by atoms with Gasteiger partial charge in [0.15, 0.2) is 11.5 Å². The van der Waals surface area contributed by atoms with Crippen LogP contribution < -0.4 is 19.5 Å². The molecule has 156 valence electrons. The Bertz CT molecular complexity index is 978. The summed E-state index contributed by atoms with van der Waals surface area (Å²) in [5, 5.41) is 12.9. The number of carboxylic acids is 1. The molecule has 0 heterocycles. The van der Waals surface area contributed by atoms with Crippen molar-refractivity contribution in [3.8, 4) is 28.4 Å². The Hall–Kier alpha value is -3.67. The fourth-order valence-electron chi connectivity index (χ4n) is 3.31. The second-order valence-corrected chi connectivity index (χ2v) is 6.72. The molecule has 6 heteroatoms. The molecule has 6 nitrogen and oxygen atoms in total. The number of aliphatic carboxylic acids is 1. The van der Waals surface area contributed by atoms with E-state index >= 15 is 0 Å². The van der Waals surface area contributed by atoms with E-state index in [1.54, 1.807) is 12.1 Å². The summed E-state index contributed by atoms with van der Waals surface area (Å²) >= 11 is 0. The molecule has 0 saturated heterocycles. The van der Waals surface area contributed by atoms with Crippen LogP contribution >= 0.6 is 0 Å². The number of nitrogens with one attached hydrogen (secondary N) is 1. The Morgan fingerprint density at radius 2 is 1.50 bits per heavy atom. The van der Waals surface area contributed by atoms with E-state index < -0.39 is 12.0 Å². The lowest BCUT2D eigenvalue weighted by Gasteiger charge is -2.19. The van der Waals surface area contributed by atoms with Gasteiger partial charge in [0, 0.05) is 12.1 Å². The van der Waals surface area contributed by atoms with Crippen LogP contribution in [-0.2, 0) is 11.2 Å². The third-order valence-corrected chi connectivity index (χ3v) is 4.77. The van der Waals surface area contributed by atoms with Crippen LogP contribution in [0.15, 0.2) is 66.7 Å². The van der Waals surface area contributed by atoms with Crippen LogP contribution in [0.4, 0.5) is 5.69 Å². The van der Waals surface area contributed by atoms with E-state index in [9.17, 15) is 9.90 Å². The highest BCUT2D eigenvalue weighted by atomic mass is 16.5. The van der Waals surface area contributed by atoms with E-state index in [2.05, 4.69) is 5.32 Å². The first-order valence-corrected chi connectivity index (χ1v) is 9.49. The highest BCUT2D eigenvalue weighted by Crippen LogP contribution is 2.38. The Morgan fingerprint density at radius 1 is 0.867 bits per heavy atom. The summed E-state index contributed by atoms with van der Waals surface area (Å²) in [6.07, 6.45) is 0.238. The van der Waals surface area contributed by atoms with Gasteiger partial charge in [-0.2, -0.15) is 0 Å². The van der Waals surface area contributed by atoms with Gasteiger partial charge in [0.05, 0.1) is 21.3 Å². The molecular formula is C24H25NO5. The largest absolute Gasteiger partial charge is 0.493 e. The van der Waals surface area contributed by atoms with Crippen LogP contribution in [0, 0.1) is 0 Å². The minimum Gasteiger partial charge on any atom is -0.493 e. The number of hydrogen-bond acceptors (Lipinski definition) is 5.